The van der Waals surface area contributed by atoms with Crippen LogP contribution in [0.2, 0.25) is 0 Å². The van der Waals surface area contributed by atoms with Gasteiger partial charge in [0.15, 0.2) is 5.60 Å². The fourth-order valence-electron chi connectivity index (χ4n) is 2.75. The van der Waals surface area contributed by atoms with E-state index < -0.39 is 17.7 Å². The number of aliphatic carboxylic acids is 1. The second-order valence-corrected chi connectivity index (χ2v) is 5.36. The minimum absolute atomic E-state index is 0.307. The average molecular weight is 279 g/mol. The van der Waals surface area contributed by atoms with Gasteiger partial charge in [0.1, 0.15) is 0 Å². The van der Waals surface area contributed by atoms with Crippen LogP contribution in [0, 0.1) is 6.92 Å². The van der Waals surface area contributed by atoms with Gasteiger partial charge in [0.25, 0.3) is 0 Å². The summed E-state index contributed by atoms with van der Waals surface area (Å²) in [5, 5.41) is 19.6. The van der Waals surface area contributed by atoms with Gasteiger partial charge in [-0.2, -0.15) is 0 Å². The number of hydrogen-bond donors (Lipinski definition) is 2. The first-order valence-electron chi connectivity index (χ1n) is 6.73. The average Bonchev–Trinajstić information content (AvgIpc) is 2.84. The minimum Gasteiger partial charge on any atom is -0.479 e. The molecular weight excluding hydrogens is 258 g/mol. The zero-order valence-corrected chi connectivity index (χ0v) is 11.9. The van der Waals surface area contributed by atoms with Gasteiger partial charge in [-0.1, -0.05) is 24.3 Å². The lowest BCUT2D eigenvalue weighted by molar-refractivity contribution is -0.160. The van der Waals surface area contributed by atoms with Crippen LogP contribution < -0.4 is 0 Å². The van der Waals surface area contributed by atoms with Crippen molar-refractivity contribution in [2.24, 2.45) is 0 Å². The number of aliphatic hydroxyl groups is 1. The van der Waals surface area contributed by atoms with E-state index in [4.69, 9.17) is 4.74 Å². The van der Waals surface area contributed by atoms with Gasteiger partial charge >= 0.3 is 5.97 Å². The van der Waals surface area contributed by atoms with Crippen LogP contribution in [-0.2, 0) is 9.53 Å². The van der Waals surface area contributed by atoms with Gasteiger partial charge in [-0.15, -0.1) is 0 Å². The Bertz CT molecular complexity index is 491. The summed E-state index contributed by atoms with van der Waals surface area (Å²) in [6.07, 6.45) is -0.170. The van der Waals surface area contributed by atoms with E-state index in [9.17, 15) is 15.0 Å². The molecule has 0 aliphatic carbocycles. The molecule has 1 saturated heterocycles. The lowest BCUT2D eigenvalue weighted by Gasteiger charge is -2.25. The molecule has 0 spiro atoms. The van der Waals surface area contributed by atoms with Gasteiger partial charge in [0, 0.05) is 33.2 Å². The summed E-state index contributed by atoms with van der Waals surface area (Å²) in [6.45, 7) is 3.30. The van der Waals surface area contributed by atoms with Gasteiger partial charge in [-0.05, 0) is 18.1 Å². The van der Waals surface area contributed by atoms with Crippen molar-refractivity contribution in [2.75, 3.05) is 26.7 Å². The maximum atomic E-state index is 11.3. The Hall–Kier alpha value is -1.43. The van der Waals surface area contributed by atoms with E-state index in [0.717, 1.165) is 11.1 Å². The number of benzene rings is 1. The molecular formula is C15H21NO4. The number of carboxylic acids is 1. The number of ether oxygens (including phenoxy) is 1. The van der Waals surface area contributed by atoms with E-state index in [1.165, 1.54) is 7.11 Å². The van der Waals surface area contributed by atoms with Crippen molar-refractivity contribution in [1.82, 2.24) is 4.90 Å². The van der Waals surface area contributed by atoms with Crippen LogP contribution in [0.1, 0.15) is 23.7 Å². The van der Waals surface area contributed by atoms with Crippen molar-refractivity contribution < 1.29 is 19.7 Å². The number of carboxylic acid groups (broad SMARTS) is 1. The third-order valence-corrected chi connectivity index (χ3v) is 4.07. The molecule has 0 aromatic heterocycles. The van der Waals surface area contributed by atoms with E-state index in [2.05, 4.69) is 0 Å². The second-order valence-electron chi connectivity index (χ2n) is 5.36. The maximum Gasteiger partial charge on any atom is 0.337 e. The van der Waals surface area contributed by atoms with Crippen molar-refractivity contribution in [1.29, 1.82) is 0 Å². The van der Waals surface area contributed by atoms with Crippen molar-refractivity contribution in [3.05, 3.63) is 35.4 Å². The molecule has 2 N–H and O–H groups in total. The van der Waals surface area contributed by atoms with Crippen molar-refractivity contribution >= 4 is 5.97 Å². The number of aliphatic hydroxyl groups excluding tert-OH is 1. The van der Waals surface area contributed by atoms with Crippen LogP contribution in [-0.4, -0.2) is 53.4 Å². The van der Waals surface area contributed by atoms with Gasteiger partial charge in [0.05, 0.1) is 6.10 Å². The summed E-state index contributed by atoms with van der Waals surface area (Å²) >= 11 is 0. The fourth-order valence-corrected chi connectivity index (χ4v) is 2.75. The number of nitrogens with zero attached hydrogens (tertiary/aromatic N) is 1. The molecule has 1 aliphatic heterocycles. The number of hydrogen-bond acceptors (Lipinski definition) is 4. The lowest BCUT2D eigenvalue weighted by atomic mass is 10.0. The minimum atomic E-state index is -1.13. The van der Waals surface area contributed by atoms with E-state index in [1.807, 2.05) is 36.1 Å². The summed E-state index contributed by atoms with van der Waals surface area (Å²) in [7, 11) is 1.43. The molecule has 0 radical (unpaired) electrons. The van der Waals surface area contributed by atoms with E-state index >= 15 is 0 Å². The number of likely N-dealkylation sites (tertiary alicyclic amines) is 1. The zero-order chi connectivity index (χ0) is 14.8. The van der Waals surface area contributed by atoms with Crippen LogP contribution in [0.3, 0.4) is 0 Å². The standard InChI is InChI=1S/C15H21NO4/c1-11-5-3-4-6-12(11)13(17)9-16-8-7-15(10-16,20-2)14(18)19/h3-6,13,17H,7-10H2,1-2H3,(H,18,19). The smallest absolute Gasteiger partial charge is 0.337 e. The van der Waals surface area contributed by atoms with E-state index in [-0.39, 0.29) is 0 Å². The number of aryl methyl sites for hydroxylation is 1. The topological polar surface area (TPSA) is 70.0 Å². The number of rotatable bonds is 5. The van der Waals surface area contributed by atoms with Gasteiger partial charge in [-0.3, -0.25) is 4.90 Å². The molecule has 5 heteroatoms. The van der Waals surface area contributed by atoms with Crippen molar-refractivity contribution in [3.63, 3.8) is 0 Å². The molecule has 1 fully saturated rings. The van der Waals surface area contributed by atoms with Crippen LogP contribution >= 0.6 is 0 Å². The first-order chi connectivity index (χ1) is 9.48. The van der Waals surface area contributed by atoms with E-state index in [1.54, 1.807) is 0 Å². The summed E-state index contributed by atoms with van der Waals surface area (Å²) in [5.74, 6) is -0.937. The molecule has 1 heterocycles. The second kappa shape index (κ2) is 5.91. The summed E-state index contributed by atoms with van der Waals surface area (Å²) in [6, 6.07) is 7.68. The maximum absolute atomic E-state index is 11.3. The Balaban J connectivity index is 2.02. The first-order valence-corrected chi connectivity index (χ1v) is 6.73. The third kappa shape index (κ3) is 2.85. The number of β-amino-alcohol motifs (C(OH)–C–C–N with tert-alkyl or cyclic N) is 1. The fraction of sp³-hybridized carbons (Fsp3) is 0.533. The molecule has 0 saturated carbocycles. The monoisotopic (exact) mass is 279 g/mol. The van der Waals surface area contributed by atoms with Gasteiger partial charge in [0.2, 0.25) is 0 Å². The molecule has 1 aliphatic rings. The van der Waals surface area contributed by atoms with Crippen molar-refractivity contribution in [2.45, 2.75) is 25.0 Å². The molecule has 20 heavy (non-hydrogen) atoms. The summed E-state index contributed by atoms with van der Waals surface area (Å²) < 4.78 is 5.18. The molecule has 1 aromatic rings. The predicted octanol–water partition coefficient (Wildman–Crippen LogP) is 1.20. The molecule has 1 aromatic carbocycles. The van der Waals surface area contributed by atoms with Crippen molar-refractivity contribution in [3.8, 4) is 0 Å². The van der Waals surface area contributed by atoms with Crippen LogP contribution in [0.25, 0.3) is 0 Å². The Morgan fingerprint density at radius 1 is 1.50 bits per heavy atom. The molecule has 2 atom stereocenters. The molecule has 2 rings (SSSR count). The first kappa shape index (κ1) is 15.0. The van der Waals surface area contributed by atoms with Crippen LogP contribution in [0.5, 0.6) is 0 Å². The normalized spacial score (nSPS) is 24.8. The molecule has 5 nitrogen and oxygen atoms in total. The highest BCUT2D eigenvalue weighted by Crippen LogP contribution is 2.27. The highest BCUT2D eigenvalue weighted by atomic mass is 16.5. The van der Waals surface area contributed by atoms with Gasteiger partial charge in [-0.25, -0.2) is 4.79 Å². The third-order valence-electron chi connectivity index (χ3n) is 4.07. The summed E-state index contributed by atoms with van der Waals surface area (Å²) in [5.41, 5.74) is 0.791. The SMILES string of the molecule is COC1(C(=O)O)CCN(CC(O)c2ccccc2C)C1. The number of methoxy groups -OCH3 is 1. The van der Waals surface area contributed by atoms with Crippen LogP contribution in [0.15, 0.2) is 24.3 Å². The number of carbonyl (C=O) groups is 1. The molecule has 2 unspecified atom stereocenters. The Labute approximate surface area is 118 Å². The molecule has 0 amide bonds. The Morgan fingerprint density at radius 3 is 2.75 bits per heavy atom. The highest BCUT2D eigenvalue weighted by molar-refractivity contribution is 5.78. The largest absolute Gasteiger partial charge is 0.479 e. The molecule has 0 bridgehead atoms. The lowest BCUT2D eigenvalue weighted by Crippen LogP contribution is -2.43. The predicted molar refractivity (Wildman–Crippen MR) is 74.6 cm³/mol. The highest BCUT2D eigenvalue weighted by Gasteiger charge is 2.45. The zero-order valence-electron chi connectivity index (χ0n) is 11.9. The van der Waals surface area contributed by atoms with Gasteiger partial charge < -0.3 is 14.9 Å². The Kier molecular flexibility index (Phi) is 4.42. The van der Waals surface area contributed by atoms with Crippen LogP contribution in [0.4, 0.5) is 0 Å². The van der Waals surface area contributed by atoms with E-state index in [0.29, 0.717) is 26.1 Å². The summed E-state index contributed by atoms with van der Waals surface area (Å²) in [4.78, 5) is 13.2. The quantitative estimate of drug-likeness (QED) is 0.847. The molecule has 110 valence electrons. The Morgan fingerprint density at radius 2 is 2.20 bits per heavy atom.